The van der Waals surface area contributed by atoms with E-state index >= 15 is 0 Å². The van der Waals surface area contributed by atoms with E-state index in [9.17, 15) is 0 Å². The largest absolute Gasteiger partial charge is 0.289 e. The average Bonchev–Trinajstić information content (AvgIpc) is 2.20. The van der Waals surface area contributed by atoms with Gasteiger partial charge in [-0.3, -0.25) is 4.99 Å². The third-order valence-corrected chi connectivity index (χ3v) is 2.70. The first kappa shape index (κ1) is 8.49. The monoisotopic (exact) mass is 173 g/mol. The summed E-state index contributed by atoms with van der Waals surface area (Å²) in [5, 5.41) is 0. The zero-order valence-electron chi connectivity index (χ0n) is 7.98. The summed E-state index contributed by atoms with van der Waals surface area (Å²) in [6.07, 6.45) is 4.48. The Morgan fingerprint density at radius 2 is 2.00 bits per heavy atom. The number of benzene rings is 1. The molecule has 0 bridgehead atoms. The summed E-state index contributed by atoms with van der Waals surface area (Å²) in [7, 11) is 0. The van der Waals surface area contributed by atoms with E-state index < -0.39 is 0 Å². The van der Waals surface area contributed by atoms with Crippen molar-refractivity contribution in [3.8, 4) is 0 Å². The van der Waals surface area contributed by atoms with E-state index in [0.717, 1.165) is 6.42 Å². The summed E-state index contributed by atoms with van der Waals surface area (Å²) in [4.78, 5) is 4.56. The van der Waals surface area contributed by atoms with Gasteiger partial charge in [-0.25, -0.2) is 0 Å². The molecule has 1 nitrogen and oxygen atoms in total. The lowest BCUT2D eigenvalue weighted by atomic mass is 9.89. The summed E-state index contributed by atoms with van der Waals surface area (Å²) in [6, 6.07) is 11.0. The van der Waals surface area contributed by atoms with Crippen molar-refractivity contribution in [2.75, 3.05) is 0 Å². The minimum absolute atomic E-state index is 0.398. The molecule has 0 fully saturated rings. The topological polar surface area (TPSA) is 12.4 Å². The van der Waals surface area contributed by atoms with E-state index in [1.165, 1.54) is 12.0 Å². The maximum atomic E-state index is 4.56. The van der Waals surface area contributed by atoms with E-state index in [1.807, 2.05) is 0 Å². The van der Waals surface area contributed by atoms with Gasteiger partial charge >= 0.3 is 0 Å². The highest BCUT2D eigenvalue weighted by molar-refractivity contribution is 5.58. The van der Waals surface area contributed by atoms with Crippen molar-refractivity contribution in [1.82, 2.24) is 0 Å². The molecule has 1 aromatic rings. The fourth-order valence-corrected chi connectivity index (χ4v) is 1.90. The minimum atomic E-state index is 0.398. The molecule has 0 aromatic heterocycles. The van der Waals surface area contributed by atoms with Gasteiger partial charge in [0.15, 0.2) is 0 Å². The highest BCUT2D eigenvalue weighted by Crippen LogP contribution is 2.31. The maximum absolute atomic E-state index is 4.56. The second kappa shape index (κ2) is 3.73. The molecule has 0 amide bonds. The van der Waals surface area contributed by atoms with Crippen LogP contribution in [0.3, 0.4) is 0 Å². The number of aliphatic imine (C=N–C) groups is 1. The lowest BCUT2D eigenvalue weighted by Crippen LogP contribution is -2.12. The van der Waals surface area contributed by atoms with Gasteiger partial charge in [0, 0.05) is 0 Å². The van der Waals surface area contributed by atoms with Crippen molar-refractivity contribution < 1.29 is 0 Å². The van der Waals surface area contributed by atoms with Gasteiger partial charge in [0.05, 0.1) is 6.04 Å². The highest BCUT2D eigenvalue weighted by atomic mass is 14.8. The standard InChI is InChI=1S/C12H15N/c1-10-6-5-9-13-12(10)11-7-3-2-4-8-11/h2-4,7-10,12H,5-6H2,1H3. The number of rotatable bonds is 1. The predicted octanol–water partition coefficient (Wildman–Crippen LogP) is 3.23. The Morgan fingerprint density at radius 3 is 2.69 bits per heavy atom. The zero-order valence-corrected chi connectivity index (χ0v) is 7.98. The van der Waals surface area contributed by atoms with Gasteiger partial charge in [-0.05, 0) is 30.5 Å². The summed E-state index contributed by atoms with van der Waals surface area (Å²) in [5.74, 6) is 0.687. The Labute approximate surface area is 79.5 Å². The van der Waals surface area contributed by atoms with Crippen molar-refractivity contribution in [2.24, 2.45) is 10.9 Å². The third kappa shape index (κ3) is 1.80. The number of nitrogens with zero attached hydrogens (tertiary/aromatic N) is 1. The molecule has 1 heterocycles. The predicted molar refractivity (Wildman–Crippen MR) is 56.1 cm³/mol. The summed E-state index contributed by atoms with van der Waals surface area (Å²) < 4.78 is 0. The van der Waals surface area contributed by atoms with E-state index in [-0.39, 0.29) is 0 Å². The first-order valence-electron chi connectivity index (χ1n) is 4.94. The minimum Gasteiger partial charge on any atom is -0.289 e. The molecule has 0 radical (unpaired) electrons. The van der Waals surface area contributed by atoms with Gasteiger partial charge in [0.1, 0.15) is 0 Å². The molecule has 2 unspecified atom stereocenters. The maximum Gasteiger partial charge on any atom is 0.0770 e. The second-order valence-electron chi connectivity index (χ2n) is 3.74. The normalized spacial score (nSPS) is 27.5. The van der Waals surface area contributed by atoms with Crippen LogP contribution in [-0.4, -0.2) is 6.21 Å². The van der Waals surface area contributed by atoms with E-state index in [1.54, 1.807) is 0 Å². The Morgan fingerprint density at radius 1 is 1.23 bits per heavy atom. The van der Waals surface area contributed by atoms with Crippen LogP contribution in [0.15, 0.2) is 35.3 Å². The molecule has 0 saturated heterocycles. The SMILES string of the molecule is CC1CCC=NC1c1ccccc1. The van der Waals surface area contributed by atoms with E-state index in [4.69, 9.17) is 0 Å². The molecular weight excluding hydrogens is 158 g/mol. The number of hydrogen-bond acceptors (Lipinski definition) is 1. The molecular formula is C12H15N. The van der Waals surface area contributed by atoms with Crippen LogP contribution in [0.4, 0.5) is 0 Å². The van der Waals surface area contributed by atoms with Crippen LogP contribution in [0.2, 0.25) is 0 Å². The molecule has 0 saturated carbocycles. The quantitative estimate of drug-likeness (QED) is 0.618. The van der Waals surface area contributed by atoms with Crippen LogP contribution in [0.1, 0.15) is 31.4 Å². The van der Waals surface area contributed by atoms with Crippen LogP contribution in [0, 0.1) is 5.92 Å². The van der Waals surface area contributed by atoms with Gasteiger partial charge in [-0.15, -0.1) is 0 Å². The molecule has 0 spiro atoms. The third-order valence-electron chi connectivity index (χ3n) is 2.70. The Bertz CT molecular complexity index is 289. The molecule has 1 aliphatic rings. The molecule has 1 heteroatoms. The average molecular weight is 173 g/mol. The van der Waals surface area contributed by atoms with Crippen LogP contribution < -0.4 is 0 Å². The van der Waals surface area contributed by atoms with Crippen molar-refractivity contribution >= 4 is 6.21 Å². The molecule has 1 aliphatic heterocycles. The van der Waals surface area contributed by atoms with Crippen LogP contribution in [0.5, 0.6) is 0 Å². The smallest absolute Gasteiger partial charge is 0.0770 e. The second-order valence-corrected chi connectivity index (χ2v) is 3.74. The van der Waals surface area contributed by atoms with Crippen molar-refractivity contribution in [2.45, 2.75) is 25.8 Å². The van der Waals surface area contributed by atoms with Crippen LogP contribution in [0.25, 0.3) is 0 Å². The Kier molecular flexibility index (Phi) is 2.44. The van der Waals surface area contributed by atoms with Gasteiger partial charge in [0.2, 0.25) is 0 Å². The fourth-order valence-electron chi connectivity index (χ4n) is 1.90. The molecule has 1 aromatic carbocycles. The lowest BCUT2D eigenvalue weighted by Gasteiger charge is -2.23. The first-order chi connectivity index (χ1) is 6.38. The summed E-state index contributed by atoms with van der Waals surface area (Å²) in [6.45, 7) is 2.29. The van der Waals surface area contributed by atoms with Crippen molar-refractivity contribution in [3.05, 3.63) is 35.9 Å². The molecule has 0 aliphatic carbocycles. The molecule has 2 rings (SSSR count). The van der Waals surface area contributed by atoms with Gasteiger partial charge in [-0.2, -0.15) is 0 Å². The van der Waals surface area contributed by atoms with Crippen LogP contribution in [-0.2, 0) is 0 Å². The highest BCUT2D eigenvalue weighted by Gasteiger charge is 2.19. The fraction of sp³-hybridized carbons (Fsp3) is 0.417. The van der Waals surface area contributed by atoms with Crippen molar-refractivity contribution in [1.29, 1.82) is 0 Å². The van der Waals surface area contributed by atoms with Gasteiger partial charge in [0.25, 0.3) is 0 Å². The van der Waals surface area contributed by atoms with Gasteiger partial charge < -0.3 is 0 Å². The molecule has 13 heavy (non-hydrogen) atoms. The first-order valence-corrected chi connectivity index (χ1v) is 4.94. The molecule has 68 valence electrons. The zero-order chi connectivity index (χ0) is 9.10. The Hall–Kier alpha value is -1.11. The summed E-state index contributed by atoms with van der Waals surface area (Å²) >= 11 is 0. The number of hydrogen-bond donors (Lipinski definition) is 0. The van der Waals surface area contributed by atoms with Gasteiger partial charge in [-0.1, -0.05) is 37.3 Å². The van der Waals surface area contributed by atoms with E-state index in [2.05, 4.69) is 48.5 Å². The lowest BCUT2D eigenvalue weighted by molar-refractivity contribution is 0.433. The van der Waals surface area contributed by atoms with E-state index in [0.29, 0.717) is 12.0 Å². The van der Waals surface area contributed by atoms with Crippen molar-refractivity contribution in [3.63, 3.8) is 0 Å². The van der Waals surface area contributed by atoms with Crippen LogP contribution >= 0.6 is 0 Å². The summed E-state index contributed by atoms with van der Waals surface area (Å²) in [5.41, 5.74) is 1.35. The molecule has 2 atom stereocenters. The Balaban J connectivity index is 2.25. The molecule has 0 N–H and O–H groups in total.